The maximum absolute atomic E-state index is 5.00. The van der Waals surface area contributed by atoms with E-state index in [-0.39, 0.29) is 13.1 Å². The van der Waals surface area contributed by atoms with Crippen LogP contribution in [-0.4, -0.2) is 16.0 Å². The summed E-state index contributed by atoms with van der Waals surface area (Å²) in [5.41, 5.74) is 17.1. The molecule has 206 valence electrons. The second-order valence-corrected chi connectivity index (χ2v) is 12.3. The fraction of sp³-hybridized carbons (Fsp3) is 0.143. The summed E-state index contributed by atoms with van der Waals surface area (Å²) < 4.78 is 2.20. The molecule has 7 rings (SSSR count). The third kappa shape index (κ3) is 5.46. The molecule has 0 saturated heterocycles. The molecule has 4 aromatic carbocycles. The van der Waals surface area contributed by atoms with Crippen LogP contribution in [-0.2, 0) is 33.0 Å². The number of hydrogen-bond acceptors (Lipinski definition) is 2. The first kappa shape index (κ1) is 27.8. The molecule has 0 N–H and O–H groups in total. The van der Waals surface area contributed by atoms with Crippen molar-refractivity contribution < 1.29 is 13.1 Å². The van der Waals surface area contributed by atoms with E-state index in [1.165, 1.54) is 44.5 Å². The molecule has 0 saturated carbocycles. The predicted molar refractivity (Wildman–Crippen MR) is 170 cm³/mol. The van der Waals surface area contributed by atoms with Crippen molar-refractivity contribution in [1.82, 2.24) is 4.57 Å². The molecular formula is C35H29Cl2FeN3. The van der Waals surface area contributed by atoms with Crippen molar-refractivity contribution in [2.45, 2.75) is 26.7 Å². The molecule has 0 amide bonds. The number of aromatic nitrogens is 1. The van der Waals surface area contributed by atoms with E-state index in [1.54, 1.807) is 0 Å². The summed E-state index contributed by atoms with van der Waals surface area (Å²) in [6, 6.07) is 34.8. The van der Waals surface area contributed by atoms with Gasteiger partial charge >= 0.3 is 33.3 Å². The Morgan fingerprint density at radius 2 is 0.976 bits per heavy atom. The van der Waals surface area contributed by atoms with Crippen LogP contribution >= 0.6 is 20.2 Å². The van der Waals surface area contributed by atoms with E-state index in [4.69, 9.17) is 30.2 Å². The zero-order valence-corrected chi connectivity index (χ0v) is 25.7. The fourth-order valence-corrected chi connectivity index (χ4v) is 6.14. The van der Waals surface area contributed by atoms with Crippen molar-refractivity contribution in [3.05, 3.63) is 131 Å². The van der Waals surface area contributed by atoms with Gasteiger partial charge in [0, 0.05) is 7.05 Å². The second kappa shape index (κ2) is 11.8. The summed E-state index contributed by atoms with van der Waals surface area (Å²) in [6.45, 7) is 4.18. The van der Waals surface area contributed by atoms with Crippen LogP contribution in [0.15, 0.2) is 107 Å². The number of rotatable bonds is 4. The number of nitrogens with zero attached hydrogens (tertiary/aromatic N) is 3. The van der Waals surface area contributed by atoms with E-state index in [0.717, 1.165) is 47.0 Å². The Kier molecular flexibility index (Phi) is 8.01. The van der Waals surface area contributed by atoms with Crippen molar-refractivity contribution in [2.24, 2.45) is 17.0 Å². The zero-order chi connectivity index (χ0) is 28.5. The van der Waals surface area contributed by atoms with Gasteiger partial charge in [-0.05, 0) is 108 Å². The number of hydrogen-bond donors (Lipinski definition) is 0. The van der Waals surface area contributed by atoms with Crippen molar-refractivity contribution in [2.75, 3.05) is 0 Å². The molecule has 0 bridgehead atoms. The van der Waals surface area contributed by atoms with Crippen LogP contribution in [0.1, 0.15) is 47.5 Å². The molecule has 3 nitrogen and oxygen atoms in total. The van der Waals surface area contributed by atoms with Gasteiger partial charge in [0.05, 0.1) is 34.2 Å². The van der Waals surface area contributed by atoms with Crippen LogP contribution in [0.3, 0.4) is 0 Å². The SMILES string of the molecule is CC(=Nc1ccc2c(c1)Cc1ccccc1-2)c1ccc(C(C)=Nc2ccc3c(c2)Cc2ccccc2-3)n1C.[Cl][Fe][Cl]. The number of aliphatic imine (C=N–C) groups is 2. The van der Waals surface area contributed by atoms with Crippen molar-refractivity contribution >= 4 is 43.0 Å². The normalized spacial score (nSPS) is 13.3. The van der Waals surface area contributed by atoms with E-state index in [1.807, 2.05) is 0 Å². The Morgan fingerprint density at radius 1 is 0.585 bits per heavy atom. The fourth-order valence-electron chi connectivity index (χ4n) is 6.14. The van der Waals surface area contributed by atoms with Crippen LogP contribution < -0.4 is 0 Å². The van der Waals surface area contributed by atoms with Crippen LogP contribution in [0, 0.1) is 0 Å². The topological polar surface area (TPSA) is 29.6 Å². The number of fused-ring (bicyclic) bond motifs is 6. The van der Waals surface area contributed by atoms with Crippen molar-refractivity contribution in [3.63, 3.8) is 0 Å². The average molecular weight is 618 g/mol. The predicted octanol–water partition coefficient (Wildman–Crippen LogP) is 9.83. The van der Waals surface area contributed by atoms with Crippen molar-refractivity contribution in [1.29, 1.82) is 0 Å². The van der Waals surface area contributed by atoms with Gasteiger partial charge in [-0.25, -0.2) is 0 Å². The van der Waals surface area contributed by atoms with Gasteiger partial charge in [-0.3, -0.25) is 9.98 Å². The molecule has 1 heterocycles. The Morgan fingerprint density at radius 3 is 1.41 bits per heavy atom. The molecular weight excluding hydrogens is 589 g/mol. The van der Waals surface area contributed by atoms with Gasteiger partial charge < -0.3 is 4.57 Å². The van der Waals surface area contributed by atoms with Gasteiger partial charge in [0.15, 0.2) is 0 Å². The molecule has 0 atom stereocenters. The van der Waals surface area contributed by atoms with Gasteiger partial charge in [0.2, 0.25) is 0 Å². The third-order valence-corrected chi connectivity index (χ3v) is 8.01. The molecule has 6 heteroatoms. The standard InChI is InChI=1S/C35H29N3.2ClH.Fe/c1-22(36-28-12-14-32-26(20-28)18-24-8-4-6-10-30(24)32)34-16-17-35(38(34)3)23(2)37-29-13-15-33-27(21-29)19-25-9-5-7-11-31(25)33;;;/h4-17,20-21H,18-19H2,1-3H3;2*1H;/q;;;+2/p-2. The molecule has 2 aliphatic rings. The van der Waals surface area contributed by atoms with Gasteiger partial charge in [-0.2, -0.15) is 0 Å². The average Bonchev–Trinajstić information content (AvgIpc) is 3.65. The van der Waals surface area contributed by atoms with E-state index in [0.29, 0.717) is 0 Å². The van der Waals surface area contributed by atoms with E-state index in [2.05, 4.69) is 123 Å². The monoisotopic (exact) mass is 617 g/mol. The van der Waals surface area contributed by atoms with E-state index >= 15 is 0 Å². The number of halogens is 2. The Balaban J connectivity index is 0.000000967. The Hall–Kier alpha value is -3.40. The quantitative estimate of drug-likeness (QED) is 0.139. The number of benzene rings is 4. The summed E-state index contributed by atoms with van der Waals surface area (Å²) in [6.07, 6.45) is 1.96. The van der Waals surface area contributed by atoms with Crippen LogP contribution in [0.25, 0.3) is 22.3 Å². The molecule has 5 aromatic rings. The minimum atomic E-state index is 0.194. The first-order valence-electron chi connectivity index (χ1n) is 13.5. The summed E-state index contributed by atoms with van der Waals surface area (Å²) in [5, 5.41) is 0. The summed E-state index contributed by atoms with van der Waals surface area (Å²) in [5.74, 6) is 0. The first-order chi connectivity index (χ1) is 20.0. The molecule has 0 aliphatic heterocycles. The Bertz CT molecular complexity index is 1700. The first-order valence-corrected chi connectivity index (χ1v) is 16.6. The van der Waals surface area contributed by atoms with E-state index < -0.39 is 0 Å². The van der Waals surface area contributed by atoms with Gasteiger partial charge in [-0.15, -0.1) is 0 Å². The van der Waals surface area contributed by atoms with Gasteiger partial charge in [0.1, 0.15) is 0 Å². The zero-order valence-electron chi connectivity index (χ0n) is 23.1. The molecule has 0 fully saturated rings. The summed E-state index contributed by atoms with van der Waals surface area (Å²) in [4.78, 5) is 10.0. The van der Waals surface area contributed by atoms with Crippen LogP contribution in [0.2, 0.25) is 0 Å². The van der Waals surface area contributed by atoms with Gasteiger partial charge in [-0.1, -0.05) is 60.7 Å². The Labute approximate surface area is 256 Å². The molecule has 1 aromatic heterocycles. The second-order valence-electron chi connectivity index (χ2n) is 10.5. The molecule has 0 spiro atoms. The van der Waals surface area contributed by atoms with Crippen LogP contribution in [0.5, 0.6) is 0 Å². The van der Waals surface area contributed by atoms with Crippen LogP contribution in [0.4, 0.5) is 11.4 Å². The van der Waals surface area contributed by atoms with E-state index in [9.17, 15) is 0 Å². The summed E-state index contributed by atoms with van der Waals surface area (Å²) >= 11 is 0.194. The third-order valence-electron chi connectivity index (χ3n) is 8.01. The molecule has 2 aliphatic carbocycles. The molecule has 0 unspecified atom stereocenters. The summed E-state index contributed by atoms with van der Waals surface area (Å²) in [7, 11) is 11.6. The van der Waals surface area contributed by atoms with Gasteiger partial charge in [0.25, 0.3) is 0 Å². The van der Waals surface area contributed by atoms with Crippen molar-refractivity contribution in [3.8, 4) is 22.3 Å². The minimum absolute atomic E-state index is 0.194. The maximum atomic E-state index is 5.00. The molecule has 41 heavy (non-hydrogen) atoms. The molecule has 0 radical (unpaired) electrons.